The molecule has 1 aliphatic heterocycles. The van der Waals surface area contributed by atoms with E-state index in [2.05, 4.69) is 31.0 Å². The minimum Gasteiger partial charge on any atom is -0.459 e. The molecule has 2 amide bonds. The molecule has 2 aliphatic rings. The summed E-state index contributed by atoms with van der Waals surface area (Å²) in [6, 6.07) is 10.7. The normalized spacial score (nSPS) is 26.0. The SMILES string of the molecule is CC1(C)C[C@@H]2C[C@@](C)(CN2C(=O)c2ccc(NC(=O)c3ccco3)cc2)C1. The Bertz CT molecular complexity index is 854. The summed E-state index contributed by atoms with van der Waals surface area (Å²) in [6.45, 7) is 7.75. The van der Waals surface area contributed by atoms with Gasteiger partial charge in [-0.25, -0.2) is 0 Å². The number of hydrogen-bond acceptors (Lipinski definition) is 3. The summed E-state index contributed by atoms with van der Waals surface area (Å²) in [5.41, 5.74) is 1.81. The molecule has 2 atom stereocenters. The largest absolute Gasteiger partial charge is 0.459 e. The van der Waals surface area contributed by atoms with Crippen molar-refractivity contribution >= 4 is 17.5 Å². The third-order valence-corrected chi connectivity index (χ3v) is 5.81. The maximum atomic E-state index is 13.1. The predicted molar refractivity (Wildman–Crippen MR) is 104 cm³/mol. The van der Waals surface area contributed by atoms with Crippen LogP contribution in [-0.4, -0.2) is 29.3 Å². The molecule has 1 saturated heterocycles. The molecule has 0 spiro atoms. The minimum atomic E-state index is -0.303. The lowest BCUT2D eigenvalue weighted by atomic mass is 9.65. The summed E-state index contributed by atoms with van der Waals surface area (Å²) in [7, 11) is 0. The molecular weight excluding hydrogens is 340 g/mol. The average molecular weight is 366 g/mol. The predicted octanol–water partition coefficient (Wildman–Crippen LogP) is 4.57. The highest BCUT2D eigenvalue weighted by atomic mass is 16.3. The van der Waals surface area contributed by atoms with Crippen molar-refractivity contribution in [2.45, 2.75) is 46.1 Å². The van der Waals surface area contributed by atoms with Gasteiger partial charge in [0.25, 0.3) is 11.8 Å². The summed E-state index contributed by atoms with van der Waals surface area (Å²) in [5.74, 6) is 0.0447. The number of carbonyl (C=O) groups is 2. The number of nitrogens with one attached hydrogen (secondary N) is 1. The Labute approximate surface area is 159 Å². The van der Waals surface area contributed by atoms with E-state index in [-0.39, 0.29) is 28.4 Å². The number of amides is 2. The summed E-state index contributed by atoms with van der Waals surface area (Å²) in [5, 5.41) is 2.78. The van der Waals surface area contributed by atoms with Crippen molar-refractivity contribution < 1.29 is 14.0 Å². The van der Waals surface area contributed by atoms with Gasteiger partial charge in [-0.15, -0.1) is 0 Å². The number of hydrogen-bond donors (Lipinski definition) is 1. The van der Waals surface area contributed by atoms with Gasteiger partial charge in [0.1, 0.15) is 0 Å². The first-order chi connectivity index (χ1) is 12.7. The second-order valence-electron chi connectivity index (χ2n) is 9.16. The monoisotopic (exact) mass is 366 g/mol. The third-order valence-electron chi connectivity index (χ3n) is 5.81. The zero-order valence-corrected chi connectivity index (χ0v) is 16.1. The number of benzene rings is 1. The lowest BCUT2D eigenvalue weighted by Gasteiger charge is -2.39. The molecule has 2 fully saturated rings. The topological polar surface area (TPSA) is 62.6 Å². The zero-order chi connectivity index (χ0) is 19.2. The zero-order valence-electron chi connectivity index (χ0n) is 16.1. The van der Waals surface area contributed by atoms with Crippen LogP contribution in [0, 0.1) is 10.8 Å². The van der Waals surface area contributed by atoms with Crippen molar-refractivity contribution in [3.8, 4) is 0 Å². The number of likely N-dealkylation sites (tertiary alicyclic amines) is 1. The molecular formula is C22H26N2O3. The van der Waals surface area contributed by atoms with Gasteiger partial charge < -0.3 is 14.6 Å². The molecule has 2 aromatic rings. The van der Waals surface area contributed by atoms with Gasteiger partial charge in [-0.3, -0.25) is 9.59 Å². The van der Waals surface area contributed by atoms with Crippen molar-refractivity contribution in [3.05, 3.63) is 54.0 Å². The van der Waals surface area contributed by atoms with Crippen LogP contribution in [0.4, 0.5) is 5.69 Å². The van der Waals surface area contributed by atoms with Crippen LogP contribution in [0.15, 0.2) is 47.1 Å². The van der Waals surface area contributed by atoms with Gasteiger partial charge in [0.2, 0.25) is 0 Å². The average Bonchev–Trinajstić information content (AvgIpc) is 3.20. The van der Waals surface area contributed by atoms with E-state index in [0.29, 0.717) is 17.3 Å². The molecule has 142 valence electrons. The van der Waals surface area contributed by atoms with Crippen LogP contribution in [0.2, 0.25) is 0 Å². The standard InChI is InChI=1S/C22H26N2O3/c1-21(2)11-17-12-22(3,13-21)14-24(17)20(26)15-6-8-16(9-7-15)23-19(25)18-5-4-10-27-18/h4-10,17H,11-14H2,1-3H3,(H,23,25)/t17-,22-/m1/s1. The molecule has 27 heavy (non-hydrogen) atoms. The molecule has 1 aromatic carbocycles. The van der Waals surface area contributed by atoms with Gasteiger partial charge in [0.05, 0.1) is 6.26 Å². The summed E-state index contributed by atoms with van der Waals surface area (Å²) in [6.07, 6.45) is 4.79. The lowest BCUT2D eigenvalue weighted by molar-refractivity contribution is 0.0708. The summed E-state index contributed by atoms with van der Waals surface area (Å²) < 4.78 is 5.09. The molecule has 1 aromatic heterocycles. The van der Waals surface area contributed by atoms with Gasteiger partial charge >= 0.3 is 0 Å². The molecule has 5 heteroatoms. The van der Waals surface area contributed by atoms with Crippen LogP contribution in [0.1, 0.15) is 60.9 Å². The fourth-order valence-electron chi connectivity index (χ4n) is 5.16. The maximum absolute atomic E-state index is 13.1. The highest BCUT2D eigenvalue weighted by molar-refractivity contribution is 6.02. The fraction of sp³-hybridized carbons (Fsp3) is 0.455. The van der Waals surface area contributed by atoms with E-state index in [1.54, 1.807) is 36.4 Å². The number of nitrogens with zero attached hydrogens (tertiary/aromatic N) is 1. The molecule has 0 unspecified atom stereocenters. The Kier molecular flexibility index (Phi) is 4.13. The summed E-state index contributed by atoms with van der Waals surface area (Å²) >= 11 is 0. The van der Waals surface area contributed by atoms with Gasteiger partial charge in [-0.1, -0.05) is 20.8 Å². The molecule has 4 rings (SSSR count). The Morgan fingerprint density at radius 3 is 2.52 bits per heavy atom. The van der Waals surface area contributed by atoms with Crippen molar-refractivity contribution in [1.29, 1.82) is 0 Å². The molecule has 1 N–H and O–H groups in total. The second-order valence-corrected chi connectivity index (χ2v) is 9.16. The molecule has 5 nitrogen and oxygen atoms in total. The Balaban J connectivity index is 1.46. The quantitative estimate of drug-likeness (QED) is 0.865. The number of rotatable bonds is 3. The van der Waals surface area contributed by atoms with E-state index in [1.165, 1.54) is 6.26 Å². The minimum absolute atomic E-state index is 0.0883. The van der Waals surface area contributed by atoms with Crippen LogP contribution in [-0.2, 0) is 0 Å². The van der Waals surface area contributed by atoms with E-state index in [4.69, 9.17) is 4.42 Å². The highest BCUT2D eigenvalue weighted by Crippen LogP contribution is 2.52. The molecule has 1 aliphatic carbocycles. The smallest absolute Gasteiger partial charge is 0.291 e. The number of anilines is 1. The highest BCUT2D eigenvalue weighted by Gasteiger charge is 2.50. The first-order valence-corrected chi connectivity index (χ1v) is 9.51. The first-order valence-electron chi connectivity index (χ1n) is 9.51. The van der Waals surface area contributed by atoms with Crippen LogP contribution in [0.25, 0.3) is 0 Å². The van der Waals surface area contributed by atoms with Gasteiger partial charge in [-0.05, 0) is 66.5 Å². The third kappa shape index (κ3) is 3.51. The van der Waals surface area contributed by atoms with Gasteiger partial charge in [0.15, 0.2) is 5.76 Å². The summed E-state index contributed by atoms with van der Waals surface area (Å²) in [4.78, 5) is 27.2. The van der Waals surface area contributed by atoms with E-state index in [0.717, 1.165) is 25.8 Å². The van der Waals surface area contributed by atoms with E-state index < -0.39 is 0 Å². The van der Waals surface area contributed by atoms with Crippen molar-refractivity contribution in [2.75, 3.05) is 11.9 Å². The number of furan rings is 1. The van der Waals surface area contributed by atoms with Gasteiger partial charge in [0, 0.05) is 23.8 Å². The lowest BCUT2D eigenvalue weighted by Crippen LogP contribution is -2.37. The van der Waals surface area contributed by atoms with Crippen LogP contribution in [0.3, 0.4) is 0 Å². The van der Waals surface area contributed by atoms with E-state index in [9.17, 15) is 9.59 Å². The van der Waals surface area contributed by atoms with Crippen molar-refractivity contribution in [3.63, 3.8) is 0 Å². The first kappa shape index (κ1) is 17.8. The van der Waals surface area contributed by atoms with Crippen molar-refractivity contribution in [2.24, 2.45) is 10.8 Å². The molecule has 0 radical (unpaired) electrons. The van der Waals surface area contributed by atoms with Crippen LogP contribution < -0.4 is 5.32 Å². The fourth-order valence-corrected chi connectivity index (χ4v) is 5.16. The Morgan fingerprint density at radius 2 is 1.85 bits per heavy atom. The van der Waals surface area contributed by atoms with Crippen molar-refractivity contribution in [1.82, 2.24) is 4.90 Å². The molecule has 1 saturated carbocycles. The maximum Gasteiger partial charge on any atom is 0.291 e. The van der Waals surface area contributed by atoms with Gasteiger partial charge in [-0.2, -0.15) is 0 Å². The number of carbonyl (C=O) groups excluding carboxylic acids is 2. The Morgan fingerprint density at radius 1 is 1.11 bits per heavy atom. The molecule has 2 bridgehead atoms. The van der Waals surface area contributed by atoms with Crippen LogP contribution in [0.5, 0.6) is 0 Å². The van der Waals surface area contributed by atoms with E-state index in [1.807, 2.05) is 0 Å². The number of fused-ring (bicyclic) bond motifs is 2. The van der Waals surface area contributed by atoms with Crippen LogP contribution >= 0.6 is 0 Å². The Hall–Kier alpha value is -2.56. The second kappa shape index (κ2) is 6.25. The molecule has 2 heterocycles. The van der Waals surface area contributed by atoms with E-state index >= 15 is 0 Å².